The Morgan fingerprint density at radius 1 is 1.42 bits per heavy atom. The van der Waals surface area contributed by atoms with Crippen molar-refractivity contribution in [3.05, 3.63) is 22.9 Å². The molecule has 104 valence electrons. The molecule has 0 saturated heterocycles. The lowest BCUT2D eigenvalue weighted by atomic mass is 10.1. The van der Waals surface area contributed by atoms with Crippen molar-refractivity contribution in [1.82, 2.24) is 10.3 Å². The van der Waals surface area contributed by atoms with Gasteiger partial charge in [-0.05, 0) is 25.5 Å². The number of nitrogens with zero attached hydrogens (tertiary/aromatic N) is 2. The third kappa shape index (κ3) is 3.67. The summed E-state index contributed by atoms with van der Waals surface area (Å²) in [4.78, 5) is 28.9. The van der Waals surface area contributed by atoms with Crippen LogP contribution in [0.2, 0.25) is 0 Å². The Morgan fingerprint density at radius 2 is 2.05 bits per heavy atom. The van der Waals surface area contributed by atoms with E-state index in [1.807, 2.05) is 13.8 Å². The number of nitrogens with two attached hydrogens (primary N) is 1. The van der Waals surface area contributed by atoms with Gasteiger partial charge in [0, 0.05) is 32.8 Å². The van der Waals surface area contributed by atoms with Crippen molar-refractivity contribution in [3.63, 3.8) is 0 Å². The molecule has 1 aromatic rings. The van der Waals surface area contributed by atoms with Crippen molar-refractivity contribution >= 4 is 17.6 Å². The van der Waals surface area contributed by atoms with Gasteiger partial charge in [-0.3, -0.25) is 9.59 Å². The maximum atomic E-state index is 11.5. The fraction of sp³-hybridized carbons (Fsp3) is 0.462. The number of primary amides is 1. The minimum absolute atomic E-state index is 0.0590. The van der Waals surface area contributed by atoms with Crippen molar-refractivity contribution in [2.24, 2.45) is 5.73 Å². The molecule has 6 nitrogen and oxygen atoms in total. The second-order valence-electron chi connectivity index (χ2n) is 4.47. The van der Waals surface area contributed by atoms with E-state index in [1.165, 1.54) is 0 Å². The lowest BCUT2D eigenvalue weighted by Gasteiger charge is -2.21. The Labute approximate surface area is 113 Å². The van der Waals surface area contributed by atoms with Gasteiger partial charge in [0.25, 0.3) is 5.91 Å². The molecule has 19 heavy (non-hydrogen) atoms. The summed E-state index contributed by atoms with van der Waals surface area (Å²) in [5.74, 6) is -0.0618. The van der Waals surface area contributed by atoms with E-state index in [-0.39, 0.29) is 5.91 Å². The highest BCUT2D eigenvalue weighted by molar-refractivity contribution is 5.98. The van der Waals surface area contributed by atoms with E-state index in [1.54, 1.807) is 25.1 Å². The number of hydrogen-bond acceptors (Lipinski definition) is 4. The molecule has 0 fully saturated rings. The number of carbonyl (C=O) groups excluding carboxylic acids is 2. The van der Waals surface area contributed by atoms with Crippen LogP contribution in [0.1, 0.15) is 28.0 Å². The third-order valence-electron chi connectivity index (χ3n) is 3.03. The third-order valence-corrected chi connectivity index (χ3v) is 3.03. The number of rotatable bonds is 5. The van der Waals surface area contributed by atoms with E-state index in [2.05, 4.69) is 10.3 Å². The smallest absolute Gasteiger partial charge is 0.252 e. The van der Waals surface area contributed by atoms with E-state index < -0.39 is 5.91 Å². The average Bonchev–Trinajstić information content (AvgIpc) is 2.37. The molecular weight excluding hydrogens is 244 g/mol. The fourth-order valence-electron chi connectivity index (χ4n) is 1.67. The summed E-state index contributed by atoms with van der Waals surface area (Å²) in [7, 11) is 3.37. The molecule has 6 heteroatoms. The largest absolute Gasteiger partial charge is 0.365 e. The predicted octanol–water partition coefficient (Wildman–Crippen LogP) is 0.370. The van der Waals surface area contributed by atoms with Gasteiger partial charge < -0.3 is 16.0 Å². The number of nitrogens with one attached hydrogen (secondary N) is 1. The van der Waals surface area contributed by atoms with Gasteiger partial charge in [-0.25, -0.2) is 4.98 Å². The van der Waals surface area contributed by atoms with Crippen LogP contribution in [0.3, 0.4) is 0 Å². The molecule has 0 aromatic carbocycles. The van der Waals surface area contributed by atoms with Crippen LogP contribution < -0.4 is 16.0 Å². The highest BCUT2D eigenvalue weighted by Gasteiger charge is 2.16. The standard InChI is InChI=1S/C13H20N4O2/c1-8-7-10(12(14)19)13(16-9(8)2)17(4)6-5-11(18)15-3/h7H,5-6H2,1-4H3,(H2,14,19)(H,15,18). The van der Waals surface area contributed by atoms with Crippen LogP contribution in [0.25, 0.3) is 0 Å². The van der Waals surface area contributed by atoms with Gasteiger partial charge in [0.1, 0.15) is 5.82 Å². The van der Waals surface area contributed by atoms with Gasteiger partial charge in [0.05, 0.1) is 5.56 Å². The molecule has 0 atom stereocenters. The van der Waals surface area contributed by atoms with Crippen LogP contribution in [-0.2, 0) is 4.79 Å². The number of anilines is 1. The summed E-state index contributed by atoms with van der Waals surface area (Å²) in [6.45, 7) is 4.22. The number of hydrogen-bond donors (Lipinski definition) is 2. The molecule has 0 bridgehead atoms. The quantitative estimate of drug-likeness (QED) is 0.804. The van der Waals surface area contributed by atoms with Gasteiger partial charge in [-0.1, -0.05) is 0 Å². The minimum atomic E-state index is -0.516. The van der Waals surface area contributed by atoms with E-state index in [0.717, 1.165) is 11.3 Å². The zero-order valence-electron chi connectivity index (χ0n) is 11.8. The summed E-state index contributed by atoms with van der Waals surface area (Å²) in [5, 5.41) is 2.55. The molecule has 3 N–H and O–H groups in total. The second kappa shape index (κ2) is 6.17. The fourth-order valence-corrected chi connectivity index (χ4v) is 1.67. The summed E-state index contributed by atoms with van der Waals surface area (Å²) in [6, 6.07) is 1.73. The van der Waals surface area contributed by atoms with Crippen LogP contribution in [-0.4, -0.2) is 37.4 Å². The zero-order valence-corrected chi connectivity index (χ0v) is 11.8. The van der Waals surface area contributed by atoms with Gasteiger partial charge in [0.15, 0.2) is 0 Å². The molecule has 0 aliphatic rings. The van der Waals surface area contributed by atoms with Crippen molar-refractivity contribution in [2.75, 3.05) is 25.5 Å². The van der Waals surface area contributed by atoms with E-state index in [9.17, 15) is 9.59 Å². The van der Waals surface area contributed by atoms with Crippen molar-refractivity contribution in [1.29, 1.82) is 0 Å². The normalized spacial score (nSPS) is 10.1. The first kappa shape index (κ1) is 14.9. The molecule has 0 saturated carbocycles. The number of aromatic nitrogens is 1. The summed E-state index contributed by atoms with van der Waals surface area (Å²) >= 11 is 0. The molecule has 0 spiro atoms. The minimum Gasteiger partial charge on any atom is -0.365 e. The second-order valence-corrected chi connectivity index (χ2v) is 4.47. The molecule has 0 aliphatic heterocycles. The van der Waals surface area contributed by atoms with Crippen LogP contribution in [0, 0.1) is 13.8 Å². The van der Waals surface area contributed by atoms with Gasteiger partial charge in [0.2, 0.25) is 5.91 Å². The number of amides is 2. The maximum absolute atomic E-state index is 11.5. The van der Waals surface area contributed by atoms with Crippen LogP contribution in [0.4, 0.5) is 5.82 Å². The van der Waals surface area contributed by atoms with Crippen molar-refractivity contribution in [3.8, 4) is 0 Å². The molecule has 1 aromatic heterocycles. The van der Waals surface area contributed by atoms with Gasteiger partial charge in [-0.15, -0.1) is 0 Å². The van der Waals surface area contributed by atoms with Crippen LogP contribution >= 0.6 is 0 Å². The number of aryl methyl sites for hydroxylation is 2. The predicted molar refractivity (Wildman–Crippen MR) is 74.2 cm³/mol. The summed E-state index contributed by atoms with van der Waals surface area (Å²) < 4.78 is 0. The van der Waals surface area contributed by atoms with Gasteiger partial charge >= 0.3 is 0 Å². The van der Waals surface area contributed by atoms with Gasteiger partial charge in [-0.2, -0.15) is 0 Å². The lowest BCUT2D eigenvalue weighted by Crippen LogP contribution is -2.29. The SMILES string of the molecule is CNC(=O)CCN(C)c1nc(C)c(C)cc1C(N)=O. The average molecular weight is 264 g/mol. The lowest BCUT2D eigenvalue weighted by molar-refractivity contribution is -0.120. The number of carbonyl (C=O) groups is 2. The Morgan fingerprint density at radius 3 is 2.58 bits per heavy atom. The molecule has 2 amide bonds. The highest BCUT2D eigenvalue weighted by Crippen LogP contribution is 2.20. The Hall–Kier alpha value is -2.11. The maximum Gasteiger partial charge on any atom is 0.252 e. The molecule has 1 rings (SSSR count). The number of pyridine rings is 1. The summed E-state index contributed by atoms with van der Waals surface area (Å²) in [6.07, 6.45) is 0.333. The topological polar surface area (TPSA) is 88.3 Å². The molecule has 0 unspecified atom stereocenters. The highest BCUT2D eigenvalue weighted by atomic mass is 16.1. The molecule has 1 heterocycles. The van der Waals surface area contributed by atoms with E-state index >= 15 is 0 Å². The summed E-state index contributed by atoms with van der Waals surface area (Å²) in [5.41, 5.74) is 7.50. The van der Waals surface area contributed by atoms with Crippen molar-refractivity contribution in [2.45, 2.75) is 20.3 Å². The Kier molecular flexibility index (Phi) is 4.86. The first-order valence-corrected chi connectivity index (χ1v) is 6.06. The zero-order chi connectivity index (χ0) is 14.6. The first-order chi connectivity index (χ1) is 8.86. The monoisotopic (exact) mass is 264 g/mol. The van der Waals surface area contributed by atoms with E-state index in [4.69, 9.17) is 5.73 Å². The Balaban J connectivity index is 3.01. The van der Waals surface area contributed by atoms with E-state index in [0.29, 0.717) is 24.3 Å². The Bertz CT molecular complexity index is 500. The molecule has 0 aliphatic carbocycles. The first-order valence-electron chi connectivity index (χ1n) is 6.06. The molecule has 0 radical (unpaired) electrons. The van der Waals surface area contributed by atoms with Crippen molar-refractivity contribution < 1.29 is 9.59 Å². The van der Waals surface area contributed by atoms with Crippen LogP contribution in [0.15, 0.2) is 6.07 Å². The van der Waals surface area contributed by atoms with Crippen LogP contribution in [0.5, 0.6) is 0 Å². The molecular formula is C13H20N4O2.